The van der Waals surface area contributed by atoms with Crippen LogP contribution in [-0.2, 0) is 15.0 Å². The van der Waals surface area contributed by atoms with Gasteiger partial charge >= 0.3 is 6.09 Å². The Labute approximate surface area is 205 Å². The van der Waals surface area contributed by atoms with E-state index in [1.165, 1.54) is 17.0 Å². The Kier molecular flexibility index (Phi) is 7.56. The minimum Gasteiger partial charge on any atom is -0.443 e. The maximum Gasteiger partial charge on any atom is 0.418 e. The summed E-state index contributed by atoms with van der Waals surface area (Å²) in [4.78, 5) is 19.1. The van der Waals surface area contributed by atoms with Gasteiger partial charge in [0.05, 0.1) is 10.3 Å². The lowest BCUT2D eigenvalue weighted by atomic mass is 9.85. The fourth-order valence-corrected chi connectivity index (χ4v) is 6.33. The number of amides is 1. The number of carbonyl (C=O) groups is 1. The number of ether oxygens (including phenoxy) is 2. The van der Waals surface area contributed by atoms with Gasteiger partial charge in [0.25, 0.3) is 0 Å². The van der Waals surface area contributed by atoms with Crippen molar-refractivity contribution in [1.29, 1.82) is 0 Å². The highest BCUT2D eigenvalue weighted by Crippen LogP contribution is 2.66. The van der Waals surface area contributed by atoms with E-state index in [0.717, 1.165) is 23.9 Å². The largest absolute Gasteiger partial charge is 0.443 e. The molecule has 190 valence electrons. The topological polar surface area (TPSA) is 51.1 Å². The molecular formula is C24H35F3N2O3SSi. The van der Waals surface area contributed by atoms with Crippen molar-refractivity contribution in [2.75, 3.05) is 20.0 Å². The van der Waals surface area contributed by atoms with E-state index in [1.54, 1.807) is 27.7 Å². The molecule has 1 fully saturated rings. The maximum absolute atomic E-state index is 14.9. The minimum absolute atomic E-state index is 0.0504. The van der Waals surface area contributed by atoms with Crippen molar-refractivity contribution < 1.29 is 27.4 Å². The Morgan fingerprint density at radius 3 is 2.56 bits per heavy atom. The van der Waals surface area contributed by atoms with Gasteiger partial charge in [0, 0.05) is 26.2 Å². The number of hydrogen-bond acceptors (Lipinski definition) is 5. The van der Waals surface area contributed by atoms with Crippen LogP contribution >= 0.6 is 11.8 Å². The van der Waals surface area contributed by atoms with E-state index in [1.807, 2.05) is 0 Å². The number of amidine groups is 1. The quantitative estimate of drug-likeness (QED) is 0.234. The van der Waals surface area contributed by atoms with Gasteiger partial charge in [0.15, 0.2) is 16.8 Å². The molecule has 1 amide bonds. The summed E-state index contributed by atoms with van der Waals surface area (Å²) in [5, 5.41) is 0.194. The van der Waals surface area contributed by atoms with Gasteiger partial charge < -0.3 is 9.47 Å². The SMILES string of the molecule is CC(C)(C)OC(=O)N(COCC[Si](C)(C)C)C1=N[C@](C)(c2cccc(F)c2F)[C@@H]2C[C@]2(CF)S1. The third-order valence-corrected chi connectivity index (χ3v) is 9.28. The van der Waals surface area contributed by atoms with Crippen LogP contribution in [0.1, 0.15) is 39.7 Å². The third-order valence-electron chi connectivity index (χ3n) is 6.11. The van der Waals surface area contributed by atoms with Gasteiger partial charge in [-0.15, -0.1) is 0 Å². The number of hydrogen-bond donors (Lipinski definition) is 0. The lowest BCUT2D eigenvalue weighted by Crippen LogP contribution is -2.46. The van der Waals surface area contributed by atoms with E-state index in [0.29, 0.717) is 13.0 Å². The fraction of sp³-hybridized carbons (Fsp3) is 0.667. The number of alkyl halides is 1. The average Bonchev–Trinajstić information content (AvgIpc) is 3.44. The predicted octanol–water partition coefficient (Wildman–Crippen LogP) is 6.56. The first-order chi connectivity index (χ1) is 15.6. The van der Waals surface area contributed by atoms with Gasteiger partial charge in [0.1, 0.15) is 19.0 Å². The van der Waals surface area contributed by atoms with Crippen molar-refractivity contribution in [2.45, 2.75) is 75.7 Å². The summed E-state index contributed by atoms with van der Waals surface area (Å²) >= 11 is 1.15. The number of aliphatic imine (C=N–C) groups is 1. The molecule has 0 aromatic heterocycles. The molecule has 3 atom stereocenters. The summed E-state index contributed by atoms with van der Waals surface area (Å²) in [7, 11) is -1.36. The predicted molar refractivity (Wildman–Crippen MR) is 133 cm³/mol. The monoisotopic (exact) mass is 516 g/mol. The maximum atomic E-state index is 14.9. The van der Waals surface area contributed by atoms with E-state index < -0.39 is 48.4 Å². The van der Waals surface area contributed by atoms with Crippen LogP contribution in [0.3, 0.4) is 0 Å². The van der Waals surface area contributed by atoms with Crippen LogP contribution in [0.15, 0.2) is 23.2 Å². The van der Waals surface area contributed by atoms with Crippen molar-refractivity contribution in [3.8, 4) is 0 Å². The van der Waals surface area contributed by atoms with Crippen molar-refractivity contribution in [3.05, 3.63) is 35.4 Å². The van der Waals surface area contributed by atoms with Gasteiger partial charge in [-0.25, -0.2) is 22.9 Å². The van der Waals surface area contributed by atoms with Crippen LogP contribution in [0.4, 0.5) is 18.0 Å². The van der Waals surface area contributed by atoms with E-state index in [-0.39, 0.29) is 23.4 Å². The van der Waals surface area contributed by atoms with E-state index in [9.17, 15) is 18.0 Å². The first-order valence-corrected chi connectivity index (χ1v) is 16.0. The van der Waals surface area contributed by atoms with Crippen molar-refractivity contribution in [2.24, 2.45) is 10.9 Å². The number of halogens is 3. The number of carbonyl (C=O) groups excluding carboxylic acids is 1. The normalized spacial score (nSPS) is 26.5. The molecule has 34 heavy (non-hydrogen) atoms. The molecule has 10 heteroatoms. The highest BCUT2D eigenvalue weighted by atomic mass is 32.2. The lowest BCUT2D eigenvalue weighted by Gasteiger charge is -2.37. The molecule has 1 saturated carbocycles. The molecule has 3 rings (SSSR count). The zero-order valence-electron chi connectivity index (χ0n) is 21.0. The smallest absolute Gasteiger partial charge is 0.418 e. The Balaban J connectivity index is 1.98. The first kappa shape index (κ1) is 27.1. The highest BCUT2D eigenvalue weighted by Gasteiger charge is 2.67. The van der Waals surface area contributed by atoms with E-state index >= 15 is 0 Å². The zero-order valence-corrected chi connectivity index (χ0v) is 22.8. The summed E-state index contributed by atoms with van der Waals surface area (Å²) in [5.74, 6) is -2.32. The van der Waals surface area contributed by atoms with E-state index in [2.05, 4.69) is 19.6 Å². The van der Waals surface area contributed by atoms with Crippen LogP contribution in [0.2, 0.25) is 25.7 Å². The van der Waals surface area contributed by atoms with Crippen molar-refractivity contribution >= 4 is 31.1 Å². The van der Waals surface area contributed by atoms with Crippen LogP contribution < -0.4 is 0 Å². The highest BCUT2D eigenvalue weighted by molar-refractivity contribution is 8.15. The van der Waals surface area contributed by atoms with Crippen LogP contribution in [0, 0.1) is 17.6 Å². The second-order valence-electron chi connectivity index (χ2n) is 11.5. The van der Waals surface area contributed by atoms with Crippen molar-refractivity contribution in [3.63, 3.8) is 0 Å². The first-order valence-electron chi connectivity index (χ1n) is 11.5. The number of thioether (sulfide) groups is 1. The Hall–Kier alpha value is -1.52. The molecule has 0 saturated heterocycles. The second-order valence-corrected chi connectivity index (χ2v) is 18.5. The number of fused-ring (bicyclic) bond motifs is 1. The van der Waals surface area contributed by atoms with Gasteiger partial charge in [-0.1, -0.05) is 43.5 Å². The molecule has 1 aromatic carbocycles. The lowest BCUT2D eigenvalue weighted by molar-refractivity contribution is 0.0110. The molecule has 0 bridgehead atoms. The summed E-state index contributed by atoms with van der Waals surface area (Å²) < 4.78 is 53.8. The molecule has 1 aliphatic carbocycles. The second kappa shape index (κ2) is 9.50. The van der Waals surface area contributed by atoms with Gasteiger partial charge in [-0.05, 0) is 46.2 Å². The van der Waals surface area contributed by atoms with Gasteiger partial charge in [-0.2, -0.15) is 0 Å². The summed E-state index contributed by atoms with van der Waals surface area (Å²) in [5.41, 5.74) is -1.96. The van der Waals surface area contributed by atoms with Crippen LogP contribution in [-0.4, -0.2) is 54.6 Å². The summed E-state index contributed by atoms with van der Waals surface area (Å²) in [6.07, 6.45) is -0.242. The van der Waals surface area contributed by atoms with Gasteiger partial charge in [-0.3, -0.25) is 4.99 Å². The summed E-state index contributed by atoms with van der Waals surface area (Å²) in [6.45, 7) is 13.2. The molecular weight excluding hydrogens is 481 g/mol. The standard InChI is InChI=1S/C24H35F3N2O3SSi/c1-22(2,3)32-21(30)29(15-31-11-12-34(5,6)7)20-28-23(4,18-13-24(18,14-25)33-20)16-9-8-10-17(26)19(16)27/h8-10,18H,11-15H2,1-7H3/t18-,23+,24+/m0/s1. The molecule has 0 spiro atoms. The Morgan fingerprint density at radius 1 is 1.29 bits per heavy atom. The fourth-order valence-electron chi connectivity index (χ4n) is 4.06. The molecule has 1 aromatic rings. The number of benzene rings is 1. The minimum atomic E-state index is -1.36. The Morgan fingerprint density at radius 2 is 1.97 bits per heavy atom. The molecule has 1 aliphatic heterocycles. The third kappa shape index (κ3) is 5.82. The number of nitrogens with zero attached hydrogens (tertiary/aromatic N) is 2. The van der Waals surface area contributed by atoms with Crippen molar-refractivity contribution in [1.82, 2.24) is 4.90 Å². The average molecular weight is 517 g/mol. The molecule has 0 N–H and O–H groups in total. The molecule has 5 nitrogen and oxygen atoms in total. The molecule has 0 unspecified atom stereocenters. The van der Waals surface area contributed by atoms with Gasteiger partial charge in [0.2, 0.25) is 0 Å². The summed E-state index contributed by atoms with van der Waals surface area (Å²) in [6, 6.07) is 4.83. The molecule has 0 radical (unpaired) electrons. The van der Waals surface area contributed by atoms with Crippen LogP contribution in [0.25, 0.3) is 0 Å². The van der Waals surface area contributed by atoms with Crippen LogP contribution in [0.5, 0.6) is 0 Å². The number of rotatable bonds is 7. The molecule has 1 heterocycles. The zero-order chi connectivity index (χ0) is 25.5. The van der Waals surface area contributed by atoms with E-state index in [4.69, 9.17) is 14.5 Å². The Bertz CT molecular complexity index is 966. The molecule has 2 aliphatic rings.